The van der Waals surface area contributed by atoms with E-state index in [0.717, 1.165) is 29.4 Å². The molecule has 4 aromatic rings. The topological polar surface area (TPSA) is 199 Å². The van der Waals surface area contributed by atoms with Crippen molar-refractivity contribution >= 4 is 55.9 Å². The third-order valence-corrected chi connectivity index (χ3v) is 13.8. The van der Waals surface area contributed by atoms with Crippen LogP contribution >= 0.6 is 0 Å². The maximum Gasteiger partial charge on any atom is 0.408 e. The van der Waals surface area contributed by atoms with Gasteiger partial charge in [-0.2, -0.15) is 4.98 Å². The number of ether oxygens (including phenoxy) is 2. The summed E-state index contributed by atoms with van der Waals surface area (Å²) < 4.78 is 46.7. The number of sulfonamides is 1. The molecule has 2 aromatic heterocycles. The van der Waals surface area contributed by atoms with Gasteiger partial charge >= 0.3 is 6.09 Å². The number of furan rings is 1. The van der Waals surface area contributed by atoms with Crippen LogP contribution in [0.3, 0.4) is 0 Å². The average Bonchev–Trinajstić information content (AvgIpc) is 4.10. The van der Waals surface area contributed by atoms with Crippen LogP contribution < -0.4 is 20.1 Å². The number of amides is 4. The van der Waals surface area contributed by atoms with Crippen molar-refractivity contribution < 1.29 is 41.5 Å². The first kappa shape index (κ1) is 43.2. The molecular formula is C46H56N6O9S. The Kier molecular flexibility index (Phi) is 11.4. The van der Waals surface area contributed by atoms with Gasteiger partial charge in [0.05, 0.1) is 11.8 Å². The van der Waals surface area contributed by atoms with Gasteiger partial charge in [0.15, 0.2) is 5.82 Å². The molecule has 4 aliphatic rings. The van der Waals surface area contributed by atoms with Crippen LogP contribution in [-0.2, 0) is 34.6 Å². The van der Waals surface area contributed by atoms with Gasteiger partial charge in [0.2, 0.25) is 27.4 Å². The third kappa shape index (κ3) is 9.16. The molecule has 15 nitrogen and oxygen atoms in total. The van der Waals surface area contributed by atoms with E-state index in [-0.39, 0.29) is 37.1 Å². The molecule has 62 heavy (non-hydrogen) atoms. The summed E-state index contributed by atoms with van der Waals surface area (Å²) in [6.07, 6.45) is 6.41. The van der Waals surface area contributed by atoms with E-state index in [4.69, 9.17) is 23.9 Å². The molecule has 5 atom stereocenters. The number of hydrogen-bond acceptors (Lipinski definition) is 11. The van der Waals surface area contributed by atoms with Gasteiger partial charge in [-0.15, -0.1) is 0 Å². The van der Waals surface area contributed by atoms with Gasteiger partial charge in [-0.3, -0.25) is 19.1 Å². The van der Waals surface area contributed by atoms with Gasteiger partial charge in [0.1, 0.15) is 40.4 Å². The molecule has 8 rings (SSSR count). The highest BCUT2D eigenvalue weighted by molar-refractivity contribution is 7.91. The number of nitrogens with one attached hydrogen (secondary N) is 3. The number of allylic oxidation sites excluding steroid dienone is 1. The fourth-order valence-electron chi connectivity index (χ4n) is 8.35. The minimum atomic E-state index is -3.92. The second-order valence-corrected chi connectivity index (χ2v) is 21.1. The Morgan fingerprint density at radius 1 is 0.952 bits per heavy atom. The summed E-state index contributed by atoms with van der Waals surface area (Å²) in [5.41, 5.74) is 0.857. The molecule has 330 valence electrons. The second kappa shape index (κ2) is 16.3. The van der Waals surface area contributed by atoms with Crippen LogP contribution in [0, 0.1) is 5.92 Å². The molecule has 2 aliphatic heterocycles. The van der Waals surface area contributed by atoms with E-state index < -0.39 is 74.3 Å². The van der Waals surface area contributed by atoms with E-state index >= 15 is 0 Å². The van der Waals surface area contributed by atoms with Crippen LogP contribution in [0.2, 0.25) is 0 Å². The number of aromatic nitrogens is 2. The Balaban J connectivity index is 1.15. The molecule has 0 spiro atoms. The molecule has 0 radical (unpaired) electrons. The van der Waals surface area contributed by atoms with Gasteiger partial charge in [-0.25, -0.2) is 18.2 Å². The van der Waals surface area contributed by atoms with Crippen LogP contribution in [-0.4, -0.2) is 88.2 Å². The molecule has 4 amide bonds. The van der Waals surface area contributed by atoms with Crippen molar-refractivity contribution in [3.63, 3.8) is 0 Å². The summed E-state index contributed by atoms with van der Waals surface area (Å²) in [7, 11) is -3.92. The van der Waals surface area contributed by atoms with Crippen LogP contribution in [0.5, 0.6) is 5.88 Å². The van der Waals surface area contributed by atoms with Gasteiger partial charge in [0, 0.05) is 23.3 Å². The first-order valence-electron chi connectivity index (χ1n) is 21.6. The SMILES string of the molecule is CC(C)(C)OC(=O)N[C@H]1CCCCCC=C[C@@H]2C[C@@]2(C(=O)NS(=O)(=O)C2CC2)NC(=O)[C@@H]2C[C@@H](Oc3nc(-c4ccc(C(C)(C)C)cc4)nc4c3oc3ccccc34)CN2C1=O. The highest BCUT2D eigenvalue weighted by atomic mass is 32.2. The molecule has 3 fully saturated rings. The predicted octanol–water partition coefficient (Wildman–Crippen LogP) is 6.59. The van der Waals surface area contributed by atoms with Crippen LogP contribution in [0.4, 0.5) is 4.79 Å². The quantitative estimate of drug-likeness (QED) is 0.170. The zero-order chi connectivity index (χ0) is 44.2. The summed E-state index contributed by atoms with van der Waals surface area (Å²) >= 11 is 0. The molecule has 2 aromatic carbocycles. The number of benzene rings is 2. The fourth-order valence-corrected chi connectivity index (χ4v) is 9.71. The molecule has 1 saturated heterocycles. The van der Waals surface area contributed by atoms with Gasteiger partial charge in [0.25, 0.3) is 11.8 Å². The Bertz CT molecular complexity index is 2540. The predicted molar refractivity (Wildman–Crippen MR) is 232 cm³/mol. The average molecular weight is 869 g/mol. The second-order valence-electron chi connectivity index (χ2n) is 19.1. The molecule has 0 unspecified atom stereocenters. The summed E-state index contributed by atoms with van der Waals surface area (Å²) in [6.45, 7) is 11.5. The lowest BCUT2D eigenvalue weighted by Crippen LogP contribution is -2.58. The minimum Gasteiger partial charge on any atom is -0.470 e. The summed E-state index contributed by atoms with van der Waals surface area (Å²) in [5, 5.41) is 5.78. The van der Waals surface area contributed by atoms with Crippen LogP contribution in [0.25, 0.3) is 33.5 Å². The van der Waals surface area contributed by atoms with E-state index in [9.17, 15) is 27.6 Å². The van der Waals surface area contributed by atoms with Gasteiger partial charge in [-0.1, -0.05) is 82.2 Å². The van der Waals surface area contributed by atoms with Crippen LogP contribution in [0.1, 0.15) is 105 Å². The van der Waals surface area contributed by atoms with Crippen molar-refractivity contribution in [3.8, 4) is 17.3 Å². The largest absolute Gasteiger partial charge is 0.470 e. The number of hydrogen-bond donors (Lipinski definition) is 3. The normalized spacial score (nSPS) is 25.0. The number of fused-ring (bicyclic) bond motifs is 5. The van der Waals surface area contributed by atoms with E-state index in [1.165, 1.54) is 4.90 Å². The number of nitrogens with zero attached hydrogens (tertiary/aromatic N) is 3. The smallest absolute Gasteiger partial charge is 0.408 e. The molecule has 4 heterocycles. The lowest BCUT2D eigenvalue weighted by Gasteiger charge is -2.30. The molecule has 2 aliphatic carbocycles. The maximum atomic E-state index is 14.8. The maximum absolute atomic E-state index is 14.8. The van der Waals surface area contributed by atoms with Crippen molar-refractivity contribution in [2.45, 2.75) is 139 Å². The van der Waals surface area contributed by atoms with Crippen molar-refractivity contribution in [2.75, 3.05) is 6.54 Å². The Hall–Kier alpha value is -5.51. The molecule has 2 saturated carbocycles. The number of alkyl carbamates (subject to hydrolysis) is 1. The lowest BCUT2D eigenvalue weighted by molar-refractivity contribution is -0.141. The third-order valence-electron chi connectivity index (χ3n) is 12.0. The summed E-state index contributed by atoms with van der Waals surface area (Å²) in [6, 6.07) is 13.3. The zero-order valence-electron chi connectivity index (χ0n) is 36.2. The number of rotatable bonds is 7. The first-order valence-corrected chi connectivity index (χ1v) is 23.2. The standard InChI is InChI=1S/C46H56N6O9S/c1-44(2,3)28-20-18-27(19-21-28)38-48-36-32-15-12-13-17-35(32)60-37(36)40(49-38)59-30-24-34-39(53)50-46(42(55)51-62(57,58)31-22-23-31)25-29(46)14-10-8-7-9-11-16-33(41(54)52(34)26-30)47-43(56)61-45(4,5)6/h10,12-15,17-21,29-31,33-34H,7-9,11,16,22-26H2,1-6H3,(H,47,56)(H,50,53)(H,51,55)/t29-,30-,33+,34+,46-/m1/s1. The number of carbonyl (C=O) groups is 4. The molecule has 0 bridgehead atoms. The molecular weight excluding hydrogens is 813 g/mol. The van der Waals surface area contributed by atoms with Crippen LogP contribution in [0.15, 0.2) is 65.1 Å². The van der Waals surface area contributed by atoms with Crippen molar-refractivity contribution in [1.29, 1.82) is 0 Å². The Labute approximate surface area is 361 Å². The first-order chi connectivity index (χ1) is 29.3. The lowest BCUT2D eigenvalue weighted by atomic mass is 9.87. The van der Waals surface area contributed by atoms with Gasteiger partial charge < -0.3 is 29.4 Å². The number of para-hydroxylation sites is 1. The highest BCUT2D eigenvalue weighted by Gasteiger charge is 2.62. The van der Waals surface area contributed by atoms with E-state index in [1.54, 1.807) is 20.8 Å². The fraction of sp³-hybridized carbons (Fsp3) is 0.522. The van der Waals surface area contributed by atoms with Crippen molar-refractivity contribution in [1.82, 2.24) is 30.2 Å². The Morgan fingerprint density at radius 2 is 1.69 bits per heavy atom. The minimum absolute atomic E-state index is 0.0172. The van der Waals surface area contributed by atoms with E-state index in [1.807, 2.05) is 60.7 Å². The highest BCUT2D eigenvalue weighted by Crippen LogP contribution is 2.46. The van der Waals surface area contributed by atoms with E-state index in [0.29, 0.717) is 48.2 Å². The van der Waals surface area contributed by atoms with E-state index in [2.05, 4.69) is 36.1 Å². The zero-order valence-corrected chi connectivity index (χ0v) is 37.0. The molecule has 16 heteroatoms. The number of carbonyl (C=O) groups excluding carboxylic acids is 4. The van der Waals surface area contributed by atoms with Crippen molar-refractivity contribution in [3.05, 3.63) is 66.2 Å². The summed E-state index contributed by atoms with van der Waals surface area (Å²) in [5.74, 6) is -1.91. The van der Waals surface area contributed by atoms with Gasteiger partial charge in [-0.05, 0) is 82.4 Å². The summed E-state index contributed by atoms with van der Waals surface area (Å²) in [4.78, 5) is 67.6. The molecule has 3 N–H and O–H groups in total. The van der Waals surface area contributed by atoms with Crippen molar-refractivity contribution in [2.24, 2.45) is 5.92 Å². The Morgan fingerprint density at radius 3 is 2.40 bits per heavy atom. The monoisotopic (exact) mass is 868 g/mol.